The second kappa shape index (κ2) is 7.37. The van der Waals surface area contributed by atoms with Gasteiger partial charge in [0.2, 0.25) is 0 Å². The zero-order chi connectivity index (χ0) is 18.1. The largest absolute Gasteiger partial charge is 0.374 e. The third-order valence-corrected chi connectivity index (χ3v) is 6.02. The average molecular weight is 350 g/mol. The molecule has 0 unspecified atom stereocenters. The van der Waals surface area contributed by atoms with Crippen molar-refractivity contribution in [2.75, 3.05) is 33.8 Å². The van der Waals surface area contributed by atoms with Crippen molar-refractivity contribution in [3.05, 3.63) is 17.0 Å². The van der Waals surface area contributed by atoms with E-state index in [1.807, 2.05) is 7.05 Å². The van der Waals surface area contributed by atoms with Crippen LogP contribution in [0.5, 0.6) is 0 Å². The van der Waals surface area contributed by atoms with Gasteiger partial charge in [-0.05, 0) is 58.5 Å². The predicted molar refractivity (Wildman–Crippen MR) is 99.8 cm³/mol. The Labute approximate surface area is 152 Å². The number of hydrogen-bond donors (Lipinski definition) is 1. The summed E-state index contributed by atoms with van der Waals surface area (Å²) < 4.78 is 12.1. The van der Waals surface area contributed by atoms with E-state index in [0.29, 0.717) is 11.3 Å². The van der Waals surface area contributed by atoms with E-state index in [1.165, 1.54) is 12.0 Å². The summed E-state index contributed by atoms with van der Waals surface area (Å²) in [6.07, 6.45) is 5.80. The second-order valence-electron chi connectivity index (χ2n) is 9.04. The Balaban J connectivity index is 1.64. The molecule has 1 aliphatic carbocycles. The van der Waals surface area contributed by atoms with Crippen molar-refractivity contribution in [3.8, 4) is 0 Å². The molecule has 5 heteroatoms. The highest BCUT2D eigenvalue weighted by molar-refractivity contribution is 5.25. The molecule has 2 fully saturated rings. The van der Waals surface area contributed by atoms with E-state index in [-0.39, 0.29) is 5.60 Å². The molecule has 3 rings (SSSR count). The van der Waals surface area contributed by atoms with Crippen LogP contribution in [0.2, 0.25) is 0 Å². The fourth-order valence-electron chi connectivity index (χ4n) is 4.62. The number of likely N-dealkylation sites (N-methyl/N-ethyl adjacent to an activating group) is 2. The highest BCUT2D eigenvalue weighted by atomic mass is 16.5. The Bertz CT molecular complexity index is 573. The van der Waals surface area contributed by atoms with Crippen LogP contribution in [-0.2, 0) is 11.3 Å². The summed E-state index contributed by atoms with van der Waals surface area (Å²) in [5, 5.41) is 7.50. The first-order valence-corrected chi connectivity index (χ1v) is 9.76. The lowest BCUT2D eigenvalue weighted by Gasteiger charge is -2.36. The molecule has 5 nitrogen and oxygen atoms in total. The molecule has 0 atom stereocenters. The van der Waals surface area contributed by atoms with E-state index in [4.69, 9.17) is 9.26 Å². The molecule has 1 saturated heterocycles. The number of rotatable bonds is 6. The molecular formula is C20H35N3O2. The summed E-state index contributed by atoms with van der Waals surface area (Å²) in [4.78, 5) is 2.34. The molecular weight excluding hydrogens is 314 g/mol. The molecule has 142 valence electrons. The maximum Gasteiger partial charge on any atom is 0.144 e. The highest BCUT2D eigenvalue weighted by Gasteiger charge is 2.47. The number of hydrogen-bond acceptors (Lipinski definition) is 5. The molecule has 2 aliphatic rings. The molecule has 0 radical (unpaired) electrons. The molecule has 1 N–H and O–H groups in total. The van der Waals surface area contributed by atoms with Crippen molar-refractivity contribution < 1.29 is 9.26 Å². The fraction of sp³-hybridized carbons (Fsp3) is 0.850. The van der Waals surface area contributed by atoms with E-state index in [9.17, 15) is 0 Å². The maximum absolute atomic E-state index is 6.26. The van der Waals surface area contributed by atoms with Crippen molar-refractivity contribution in [2.45, 2.75) is 70.9 Å². The smallest absolute Gasteiger partial charge is 0.144 e. The van der Waals surface area contributed by atoms with Gasteiger partial charge in [-0.15, -0.1) is 0 Å². The van der Waals surface area contributed by atoms with Gasteiger partial charge in [-0.2, -0.15) is 0 Å². The summed E-state index contributed by atoms with van der Waals surface area (Å²) in [5.74, 6) is 1.62. The lowest BCUT2D eigenvalue weighted by molar-refractivity contribution is -0.0308. The van der Waals surface area contributed by atoms with Crippen LogP contribution < -0.4 is 5.32 Å². The lowest BCUT2D eigenvalue weighted by atomic mass is 9.72. The SMILES string of the molecule is CNCCN(C)Cc1c(C)noc1[C@H]1CC[C@]2(CC1)CC(C)(C)CO2. The van der Waals surface area contributed by atoms with Crippen LogP contribution in [0.25, 0.3) is 0 Å². The Kier molecular flexibility index (Phi) is 5.57. The van der Waals surface area contributed by atoms with Crippen LogP contribution in [0.15, 0.2) is 4.52 Å². The maximum atomic E-state index is 6.26. The predicted octanol–water partition coefficient (Wildman–Crippen LogP) is 3.48. The van der Waals surface area contributed by atoms with Crippen molar-refractivity contribution >= 4 is 0 Å². The molecule has 1 saturated carbocycles. The molecule has 1 aliphatic heterocycles. The Morgan fingerprint density at radius 3 is 2.60 bits per heavy atom. The molecule has 0 amide bonds. The molecule has 25 heavy (non-hydrogen) atoms. The van der Waals surface area contributed by atoms with Gasteiger partial charge in [0.15, 0.2) is 0 Å². The monoisotopic (exact) mass is 349 g/mol. The summed E-state index contributed by atoms with van der Waals surface area (Å²) >= 11 is 0. The molecule has 1 aromatic heterocycles. The minimum atomic E-state index is 0.124. The number of aryl methyl sites for hydroxylation is 1. The first-order valence-electron chi connectivity index (χ1n) is 9.76. The van der Waals surface area contributed by atoms with Gasteiger partial charge in [0.05, 0.1) is 17.9 Å². The van der Waals surface area contributed by atoms with Gasteiger partial charge in [0.25, 0.3) is 0 Å². The van der Waals surface area contributed by atoms with E-state index in [1.54, 1.807) is 0 Å². The molecule has 0 aromatic carbocycles. The quantitative estimate of drug-likeness (QED) is 0.852. The van der Waals surface area contributed by atoms with Crippen molar-refractivity contribution in [2.24, 2.45) is 5.41 Å². The molecule has 0 bridgehead atoms. The van der Waals surface area contributed by atoms with E-state index in [0.717, 1.165) is 63.4 Å². The summed E-state index contributed by atoms with van der Waals surface area (Å²) in [6, 6.07) is 0. The average Bonchev–Trinajstić information content (AvgIpc) is 3.07. The van der Waals surface area contributed by atoms with Gasteiger partial charge in [-0.3, -0.25) is 0 Å². The topological polar surface area (TPSA) is 50.5 Å². The molecule has 2 heterocycles. The first kappa shape index (κ1) is 18.9. The van der Waals surface area contributed by atoms with Gasteiger partial charge in [-0.1, -0.05) is 19.0 Å². The lowest BCUT2D eigenvalue weighted by Crippen LogP contribution is -2.33. The van der Waals surface area contributed by atoms with E-state index >= 15 is 0 Å². The van der Waals surface area contributed by atoms with Crippen molar-refractivity contribution in [3.63, 3.8) is 0 Å². The van der Waals surface area contributed by atoms with Crippen molar-refractivity contribution in [1.29, 1.82) is 0 Å². The van der Waals surface area contributed by atoms with Crippen LogP contribution >= 0.6 is 0 Å². The van der Waals surface area contributed by atoms with Crippen LogP contribution in [0.4, 0.5) is 0 Å². The highest BCUT2D eigenvalue weighted by Crippen LogP contribution is 2.50. The van der Waals surface area contributed by atoms with E-state index < -0.39 is 0 Å². The summed E-state index contributed by atoms with van der Waals surface area (Å²) in [6.45, 7) is 10.6. The zero-order valence-corrected chi connectivity index (χ0v) is 16.7. The van der Waals surface area contributed by atoms with Gasteiger partial charge in [0, 0.05) is 31.1 Å². The third kappa shape index (κ3) is 4.26. The standard InChI is InChI=1S/C20H35N3O2/c1-15-17(12-23(5)11-10-21-4)18(25-22-15)16-6-8-20(9-7-16)13-19(2,3)14-24-20/h16,21H,6-14H2,1-5H3/t16-,20-. The minimum Gasteiger partial charge on any atom is -0.374 e. The Hall–Kier alpha value is -0.910. The second-order valence-corrected chi connectivity index (χ2v) is 9.04. The first-order chi connectivity index (χ1) is 11.8. The summed E-state index contributed by atoms with van der Waals surface area (Å²) in [5.41, 5.74) is 2.80. The van der Waals surface area contributed by atoms with Gasteiger partial charge in [0.1, 0.15) is 5.76 Å². The fourth-order valence-corrected chi connectivity index (χ4v) is 4.62. The van der Waals surface area contributed by atoms with Crippen LogP contribution in [0.3, 0.4) is 0 Å². The summed E-state index contributed by atoms with van der Waals surface area (Å²) in [7, 11) is 4.16. The minimum absolute atomic E-state index is 0.124. The zero-order valence-electron chi connectivity index (χ0n) is 16.7. The molecule has 1 spiro atoms. The Morgan fingerprint density at radius 2 is 2.00 bits per heavy atom. The van der Waals surface area contributed by atoms with E-state index in [2.05, 4.69) is 43.2 Å². The normalized spacial score (nSPS) is 29.0. The van der Waals surface area contributed by atoms with Gasteiger partial charge < -0.3 is 19.5 Å². The molecule has 1 aromatic rings. The van der Waals surface area contributed by atoms with Crippen LogP contribution in [0.1, 0.15) is 68.9 Å². The number of ether oxygens (including phenoxy) is 1. The van der Waals surface area contributed by atoms with Gasteiger partial charge >= 0.3 is 0 Å². The van der Waals surface area contributed by atoms with Crippen molar-refractivity contribution in [1.82, 2.24) is 15.4 Å². The van der Waals surface area contributed by atoms with Crippen LogP contribution in [0, 0.1) is 12.3 Å². The van der Waals surface area contributed by atoms with Crippen LogP contribution in [-0.4, -0.2) is 49.4 Å². The number of aromatic nitrogens is 1. The number of nitrogens with zero attached hydrogens (tertiary/aromatic N) is 2. The third-order valence-electron chi connectivity index (χ3n) is 6.02. The Morgan fingerprint density at radius 1 is 1.28 bits per heavy atom. The number of nitrogens with one attached hydrogen (secondary N) is 1. The van der Waals surface area contributed by atoms with Gasteiger partial charge in [-0.25, -0.2) is 0 Å².